The standard InChI is InChI=1S/C25H23ClN2O5/c1-2-7-23(29)33-24-20(10-6-11-21(24)32-17-8-4-3-5-9-17)31-15-22-27-19-13-12-16(26)14-18(19)25(30)28-22/h3-6,8-14,22,27H,2,7,15H2,1H3,(H,28,30). The minimum absolute atomic E-state index is 0.0843. The number of para-hydroxylation sites is 2. The molecule has 1 unspecified atom stereocenters. The monoisotopic (exact) mass is 466 g/mol. The van der Waals surface area contributed by atoms with Gasteiger partial charge in [0.25, 0.3) is 5.91 Å². The molecule has 0 saturated heterocycles. The first-order valence-corrected chi connectivity index (χ1v) is 11.0. The quantitative estimate of drug-likeness (QED) is 0.341. The van der Waals surface area contributed by atoms with Gasteiger partial charge in [-0.3, -0.25) is 9.59 Å². The van der Waals surface area contributed by atoms with Gasteiger partial charge in [-0.1, -0.05) is 42.8 Å². The summed E-state index contributed by atoms with van der Waals surface area (Å²) in [4.78, 5) is 24.7. The van der Waals surface area contributed by atoms with Crippen LogP contribution in [-0.4, -0.2) is 24.6 Å². The van der Waals surface area contributed by atoms with Crippen molar-refractivity contribution in [2.24, 2.45) is 0 Å². The van der Waals surface area contributed by atoms with E-state index in [1.54, 1.807) is 48.5 Å². The van der Waals surface area contributed by atoms with E-state index >= 15 is 0 Å². The molecule has 0 fully saturated rings. The second-order valence-corrected chi connectivity index (χ2v) is 7.83. The van der Waals surface area contributed by atoms with Gasteiger partial charge in [-0.05, 0) is 48.9 Å². The van der Waals surface area contributed by atoms with Gasteiger partial charge in [0.15, 0.2) is 11.5 Å². The van der Waals surface area contributed by atoms with Gasteiger partial charge in [0.2, 0.25) is 5.75 Å². The SMILES string of the molecule is CCCC(=O)Oc1c(OCC2NC(=O)c3cc(Cl)ccc3N2)cccc1Oc1ccccc1. The first-order valence-electron chi connectivity index (χ1n) is 10.6. The van der Waals surface area contributed by atoms with Crippen molar-refractivity contribution in [1.29, 1.82) is 0 Å². The molecule has 1 aliphatic heterocycles. The molecule has 0 aliphatic carbocycles. The Morgan fingerprint density at radius 2 is 1.79 bits per heavy atom. The number of carbonyl (C=O) groups excluding carboxylic acids is 2. The highest BCUT2D eigenvalue weighted by Gasteiger charge is 2.25. The zero-order chi connectivity index (χ0) is 23.2. The van der Waals surface area contributed by atoms with Crippen molar-refractivity contribution in [3.63, 3.8) is 0 Å². The highest BCUT2D eigenvalue weighted by atomic mass is 35.5. The zero-order valence-corrected chi connectivity index (χ0v) is 18.7. The Kier molecular flexibility index (Phi) is 7.00. The molecule has 1 aliphatic rings. The summed E-state index contributed by atoms with van der Waals surface area (Å²) < 4.78 is 17.5. The minimum Gasteiger partial charge on any atom is -0.485 e. The van der Waals surface area contributed by atoms with Gasteiger partial charge < -0.3 is 24.8 Å². The van der Waals surface area contributed by atoms with Crippen LogP contribution in [0.3, 0.4) is 0 Å². The Bertz CT molecular complexity index is 1150. The number of halogens is 1. The maximum atomic E-state index is 12.4. The molecule has 33 heavy (non-hydrogen) atoms. The highest BCUT2D eigenvalue weighted by molar-refractivity contribution is 6.31. The normalized spacial score (nSPS) is 14.5. The number of nitrogens with one attached hydrogen (secondary N) is 2. The second kappa shape index (κ2) is 10.3. The predicted molar refractivity (Wildman–Crippen MR) is 125 cm³/mol. The molecule has 7 nitrogen and oxygen atoms in total. The molecule has 1 heterocycles. The van der Waals surface area contributed by atoms with Crippen molar-refractivity contribution in [1.82, 2.24) is 5.32 Å². The number of amides is 1. The number of hydrogen-bond donors (Lipinski definition) is 2. The van der Waals surface area contributed by atoms with E-state index in [1.165, 1.54) is 0 Å². The molecule has 2 N–H and O–H groups in total. The lowest BCUT2D eigenvalue weighted by atomic mass is 10.1. The third-order valence-electron chi connectivity index (χ3n) is 4.85. The Morgan fingerprint density at radius 3 is 2.58 bits per heavy atom. The molecule has 4 rings (SSSR count). The number of rotatable bonds is 8. The number of fused-ring (bicyclic) bond motifs is 1. The fourth-order valence-corrected chi connectivity index (χ4v) is 3.49. The number of esters is 1. The summed E-state index contributed by atoms with van der Waals surface area (Å²) in [5.41, 5.74) is 1.12. The molecule has 0 saturated carbocycles. The maximum Gasteiger partial charge on any atom is 0.311 e. The number of carbonyl (C=O) groups is 2. The van der Waals surface area contributed by atoms with E-state index in [1.807, 2.05) is 25.1 Å². The molecule has 1 amide bonds. The lowest BCUT2D eigenvalue weighted by Gasteiger charge is -2.28. The lowest BCUT2D eigenvalue weighted by molar-refractivity contribution is -0.134. The van der Waals surface area contributed by atoms with Crippen LogP contribution in [0.1, 0.15) is 30.1 Å². The summed E-state index contributed by atoms with van der Waals surface area (Å²) in [6.45, 7) is 1.98. The molecule has 0 spiro atoms. The first-order chi connectivity index (χ1) is 16.0. The van der Waals surface area contributed by atoms with E-state index in [0.29, 0.717) is 39.9 Å². The van der Waals surface area contributed by atoms with Gasteiger partial charge in [-0.15, -0.1) is 0 Å². The molecule has 0 bridgehead atoms. The zero-order valence-electron chi connectivity index (χ0n) is 18.0. The van der Waals surface area contributed by atoms with Crippen LogP contribution < -0.4 is 24.8 Å². The summed E-state index contributed by atoms with van der Waals surface area (Å²) in [7, 11) is 0. The summed E-state index contributed by atoms with van der Waals surface area (Å²) in [5, 5.41) is 6.52. The number of ether oxygens (including phenoxy) is 3. The van der Waals surface area contributed by atoms with Crippen LogP contribution in [0, 0.1) is 0 Å². The summed E-state index contributed by atoms with van der Waals surface area (Å²) >= 11 is 5.99. The number of hydrogen-bond acceptors (Lipinski definition) is 6. The maximum absolute atomic E-state index is 12.4. The van der Waals surface area contributed by atoms with Crippen molar-refractivity contribution in [3.8, 4) is 23.0 Å². The van der Waals surface area contributed by atoms with Crippen LogP contribution in [0.25, 0.3) is 0 Å². The molecule has 0 aromatic heterocycles. The molecular weight excluding hydrogens is 444 g/mol. The third kappa shape index (κ3) is 5.56. The van der Waals surface area contributed by atoms with Crippen molar-refractivity contribution in [2.45, 2.75) is 25.9 Å². The van der Waals surface area contributed by atoms with E-state index in [2.05, 4.69) is 10.6 Å². The average Bonchev–Trinajstić information content (AvgIpc) is 2.80. The average molecular weight is 467 g/mol. The van der Waals surface area contributed by atoms with Gasteiger partial charge >= 0.3 is 5.97 Å². The van der Waals surface area contributed by atoms with Gasteiger partial charge in [0, 0.05) is 17.1 Å². The molecule has 3 aromatic carbocycles. The van der Waals surface area contributed by atoms with Crippen LogP contribution in [-0.2, 0) is 4.79 Å². The first kappa shape index (κ1) is 22.5. The molecular formula is C25H23ClN2O5. The largest absolute Gasteiger partial charge is 0.485 e. The fraction of sp³-hybridized carbons (Fsp3) is 0.200. The fourth-order valence-electron chi connectivity index (χ4n) is 3.32. The van der Waals surface area contributed by atoms with Crippen molar-refractivity contribution < 1.29 is 23.8 Å². The molecule has 8 heteroatoms. The van der Waals surface area contributed by atoms with Crippen molar-refractivity contribution in [3.05, 3.63) is 77.3 Å². The van der Waals surface area contributed by atoms with Gasteiger partial charge in [-0.25, -0.2) is 0 Å². The second-order valence-electron chi connectivity index (χ2n) is 7.39. The molecule has 0 radical (unpaired) electrons. The van der Waals surface area contributed by atoms with Crippen LogP contribution in [0.5, 0.6) is 23.0 Å². The number of benzene rings is 3. The van der Waals surface area contributed by atoms with Gasteiger partial charge in [-0.2, -0.15) is 0 Å². The topological polar surface area (TPSA) is 85.9 Å². The molecule has 3 aromatic rings. The van der Waals surface area contributed by atoms with Crippen LogP contribution in [0.15, 0.2) is 66.7 Å². The Hall–Kier alpha value is -3.71. The van der Waals surface area contributed by atoms with Gasteiger partial charge in [0.05, 0.1) is 5.56 Å². The molecule has 1 atom stereocenters. The highest BCUT2D eigenvalue weighted by Crippen LogP contribution is 2.40. The smallest absolute Gasteiger partial charge is 0.311 e. The lowest BCUT2D eigenvalue weighted by Crippen LogP contribution is -2.48. The van der Waals surface area contributed by atoms with Gasteiger partial charge in [0.1, 0.15) is 18.5 Å². The summed E-state index contributed by atoms with van der Waals surface area (Å²) in [6, 6.07) is 19.4. The third-order valence-corrected chi connectivity index (χ3v) is 5.09. The van der Waals surface area contributed by atoms with Crippen LogP contribution >= 0.6 is 11.6 Å². The Labute approximate surface area is 196 Å². The Balaban J connectivity index is 1.54. The van der Waals surface area contributed by atoms with E-state index in [9.17, 15) is 9.59 Å². The predicted octanol–water partition coefficient (Wildman–Crippen LogP) is 5.40. The number of anilines is 1. The summed E-state index contributed by atoms with van der Waals surface area (Å²) in [5.74, 6) is 0.819. The van der Waals surface area contributed by atoms with Crippen LogP contribution in [0.4, 0.5) is 5.69 Å². The van der Waals surface area contributed by atoms with Crippen molar-refractivity contribution in [2.75, 3.05) is 11.9 Å². The van der Waals surface area contributed by atoms with Crippen LogP contribution in [0.2, 0.25) is 5.02 Å². The Morgan fingerprint density at radius 1 is 1.00 bits per heavy atom. The van der Waals surface area contributed by atoms with E-state index < -0.39 is 6.17 Å². The van der Waals surface area contributed by atoms with Crippen molar-refractivity contribution >= 4 is 29.2 Å². The minimum atomic E-state index is -0.496. The summed E-state index contributed by atoms with van der Waals surface area (Å²) in [6.07, 6.45) is 0.417. The van der Waals surface area contributed by atoms with E-state index in [0.717, 1.165) is 0 Å². The van der Waals surface area contributed by atoms with E-state index in [-0.39, 0.29) is 30.7 Å². The van der Waals surface area contributed by atoms with E-state index in [4.69, 9.17) is 25.8 Å². The molecule has 170 valence electrons.